The number of benzene rings is 2. The first-order valence-electron chi connectivity index (χ1n) is 15.9. The van der Waals surface area contributed by atoms with Crippen molar-refractivity contribution < 1.29 is 4.21 Å². The lowest BCUT2D eigenvalue weighted by molar-refractivity contribution is 0.266. The van der Waals surface area contributed by atoms with E-state index >= 15 is 0 Å². The highest BCUT2D eigenvalue weighted by Gasteiger charge is 2.26. The van der Waals surface area contributed by atoms with Crippen molar-refractivity contribution in [1.82, 2.24) is 39.0 Å². The van der Waals surface area contributed by atoms with Crippen LogP contribution < -0.4 is 27.8 Å². The molecule has 5 aromatic rings. The highest BCUT2D eigenvalue weighted by atomic mass is 32.2. The summed E-state index contributed by atoms with van der Waals surface area (Å²) in [4.78, 5) is 29.5. The maximum Gasteiger partial charge on any atom is 0.354 e. The van der Waals surface area contributed by atoms with Crippen LogP contribution in [0.3, 0.4) is 0 Å². The number of hydrogen-bond donors (Lipinski definition) is 5. The maximum absolute atomic E-state index is 14.1. The minimum atomic E-state index is -1.35. The Bertz CT molecular complexity index is 1870. The van der Waals surface area contributed by atoms with Gasteiger partial charge in [0.05, 0.1) is 16.9 Å². The number of nitrogens with one attached hydrogen (secondary N) is 3. The fourth-order valence-electron chi connectivity index (χ4n) is 5.79. The van der Waals surface area contributed by atoms with Gasteiger partial charge in [-0.3, -0.25) is 9.56 Å². The van der Waals surface area contributed by atoms with E-state index in [4.69, 9.17) is 11.5 Å². The van der Waals surface area contributed by atoms with E-state index in [2.05, 4.69) is 34.9 Å². The molecule has 0 bridgehead atoms. The molecule has 0 saturated carbocycles. The summed E-state index contributed by atoms with van der Waals surface area (Å²) in [5, 5.41) is 7.58. The van der Waals surface area contributed by atoms with Crippen LogP contribution in [0.25, 0.3) is 28.0 Å². The predicted octanol–water partition coefficient (Wildman–Crippen LogP) is 2.11. The van der Waals surface area contributed by atoms with Gasteiger partial charge in [0, 0.05) is 61.9 Å². The molecule has 4 heterocycles. The van der Waals surface area contributed by atoms with Crippen LogP contribution in [0, 0.1) is 0 Å². The van der Waals surface area contributed by atoms with Crippen LogP contribution in [0.5, 0.6) is 0 Å². The molecular formula is C33H41N11O2S. The predicted molar refractivity (Wildman–Crippen MR) is 185 cm³/mol. The lowest BCUT2D eigenvalue weighted by Crippen LogP contribution is -2.45. The quantitative estimate of drug-likeness (QED) is 0.0686. The van der Waals surface area contributed by atoms with Crippen LogP contribution >= 0.6 is 0 Å². The molecule has 1 unspecified atom stereocenters. The SMILES string of the molecule is NC(N)=NCCCNCc1ccc(-n2cc3cc(-c4cccc(S(=O)N(CCn5ccnc5)C5CCNCC5)c4)[nH]c3nc2=O)cc1. The van der Waals surface area contributed by atoms with Gasteiger partial charge in [0.25, 0.3) is 0 Å². The second-order valence-electron chi connectivity index (χ2n) is 11.6. The van der Waals surface area contributed by atoms with E-state index in [1.54, 1.807) is 23.3 Å². The second-order valence-corrected chi connectivity index (χ2v) is 13.0. The lowest BCUT2D eigenvalue weighted by Gasteiger charge is -2.33. The van der Waals surface area contributed by atoms with Gasteiger partial charge in [-0.1, -0.05) is 24.3 Å². The molecule has 13 nitrogen and oxygen atoms in total. The molecule has 14 heteroatoms. The Hall–Kier alpha value is -4.63. The number of guanidine groups is 1. The Labute approximate surface area is 275 Å². The Morgan fingerprint density at radius 3 is 2.72 bits per heavy atom. The highest BCUT2D eigenvalue weighted by Crippen LogP contribution is 2.27. The minimum Gasteiger partial charge on any atom is -0.370 e. The van der Waals surface area contributed by atoms with Gasteiger partial charge in [0.2, 0.25) is 0 Å². The van der Waals surface area contributed by atoms with Gasteiger partial charge in [-0.25, -0.2) is 18.3 Å². The maximum atomic E-state index is 14.1. The number of aliphatic imine (C=N–C) groups is 1. The van der Waals surface area contributed by atoms with Crippen molar-refractivity contribution in [3.05, 3.63) is 95.6 Å². The zero-order valence-electron chi connectivity index (χ0n) is 26.2. The third-order valence-electron chi connectivity index (χ3n) is 8.27. The molecule has 6 rings (SSSR count). The topological polar surface area (TPSA) is 177 Å². The smallest absolute Gasteiger partial charge is 0.354 e. The summed E-state index contributed by atoms with van der Waals surface area (Å²) in [5.41, 5.74) is 14.4. The average molecular weight is 656 g/mol. The van der Waals surface area contributed by atoms with E-state index in [1.165, 1.54) is 0 Å². The van der Waals surface area contributed by atoms with Gasteiger partial charge in [-0.05, 0) is 80.4 Å². The summed E-state index contributed by atoms with van der Waals surface area (Å²) in [7, 11) is -1.35. The molecule has 1 aliphatic heterocycles. The number of aromatic nitrogens is 5. The largest absolute Gasteiger partial charge is 0.370 e. The van der Waals surface area contributed by atoms with Crippen molar-refractivity contribution in [1.29, 1.82) is 0 Å². The van der Waals surface area contributed by atoms with E-state index in [0.29, 0.717) is 31.8 Å². The standard InChI is InChI=1S/C33H41N11O2S/c34-32(35)39-12-2-11-37-21-24-5-7-27(8-6-24)43-22-26-20-30(40-31(26)41-33(43)45)25-3-1-4-29(19-25)47(46)44(28-9-13-36-14-10-28)18-17-42-16-15-38-23-42/h1,3-8,15-16,19-20,22-23,28,36-37H,2,9-14,17-18,21H2,(H4,34,35,39)(H,40,41,45). The van der Waals surface area contributed by atoms with Crippen LogP contribution in [0.4, 0.5) is 0 Å². The average Bonchev–Trinajstić information content (AvgIpc) is 3.77. The number of hydrogen-bond acceptors (Lipinski definition) is 7. The first-order chi connectivity index (χ1) is 22.9. The number of H-pyrrole nitrogens is 1. The van der Waals surface area contributed by atoms with E-state index in [9.17, 15) is 9.00 Å². The van der Waals surface area contributed by atoms with Gasteiger partial charge in [0.15, 0.2) is 5.96 Å². The Kier molecular flexibility index (Phi) is 10.5. The third kappa shape index (κ3) is 8.21. The first kappa shape index (κ1) is 32.3. The number of rotatable bonds is 14. The van der Waals surface area contributed by atoms with Crippen LogP contribution in [0.2, 0.25) is 0 Å². The molecule has 47 heavy (non-hydrogen) atoms. The number of nitrogens with zero attached hydrogens (tertiary/aromatic N) is 6. The van der Waals surface area contributed by atoms with Gasteiger partial charge < -0.3 is 31.7 Å². The molecule has 1 fully saturated rings. The molecular weight excluding hydrogens is 615 g/mol. The van der Waals surface area contributed by atoms with Crippen molar-refractivity contribution in [3.8, 4) is 16.9 Å². The molecule has 0 amide bonds. The van der Waals surface area contributed by atoms with Crippen molar-refractivity contribution >= 4 is 28.0 Å². The summed E-state index contributed by atoms with van der Waals surface area (Å²) in [6, 6.07) is 17.8. The Morgan fingerprint density at radius 2 is 1.96 bits per heavy atom. The molecule has 7 N–H and O–H groups in total. The molecule has 246 valence electrons. The molecule has 3 aromatic heterocycles. The normalized spacial score (nSPS) is 14.5. The van der Waals surface area contributed by atoms with Crippen molar-refractivity contribution in [2.75, 3.05) is 32.7 Å². The van der Waals surface area contributed by atoms with Gasteiger partial charge in [-0.15, -0.1) is 0 Å². The highest BCUT2D eigenvalue weighted by molar-refractivity contribution is 7.82. The van der Waals surface area contributed by atoms with Crippen molar-refractivity contribution in [2.45, 2.75) is 43.3 Å². The molecule has 2 aromatic carbocycles. The number of aromatic amines is 1. The Morgan fingerprint density at radius 1 is 1.13 bits per heavy atom. The molecule has 1 aliphatic rings. The summed E-state index contributed by atoms with van der Waals surface area (Å²) in [5.74, 6) is 0.106. The van der Waals surface area contributed by atoms with E-state index in [0.717, 1.165) is 71.7 Å². The van der Waals surface area contributed by atoms with Crippen LogP contribution in [-0.2, 0) is 24.1 Å². The number of fused-ring (bicyclic) bond motifs is 1. The molecule has 0 spiro atoms. The molecule has 1 saturated heterocycles. The monoisotopic (exact) mass is 655 g/mol. The summed E-state index contributed by atoms with van der Waals surface area (Å²) in [6.45, 7) is 5.26. The zero-order chi connectivity index (χ0) is 32.6. The second kappa shape index (κ2) is 15.3. The molecule has 0 aliphatic carbocycles. The number of piperidine rings is 1. The van der Waals surface area contributed by atoms with Gasteiger partial charge in [-0.2, -0.15) is 4.98 Å². The summed E-state index contributed by atoms with van der Waals surface area (Å²) >= 11 is 0. The van der Waals surface area contributed by atoms with E-state index < -0.39 is 11.0 Å². The van der Waals surface area contributed by atoms with Gasteiger partial charge in [0.1, 0.15) is 16.6 Å². The van der Waals surface area contributed by atoms with Crippen molar-refractivity contribution in [2.24, 2.45) is 16.5 Å². The van der Waals surface area contributed by atoms with E-state index in [1.807, 2.05) is 65.4 Å². The molecule has 1 atom stereocenters. The summed E-state index contributed by atoms with van der Waals surface area (Å²) < 4.78 is 19.7. The van der Waals surface area contributed by atoms with Crippen molar-refractivity contribution in [3.63, 3.8) is 0 Å². The van der Waals surface area contributed by atoms with Crippen LogP contribution in [-0.4, -0.2) is 77.3 Å². The summed E-state index contributed by atoms with van der Waals surface area (Å²) in [6.07, 6.45) is 10.0. The first-order valence-corrected chi connectivity index (χ1v) is 17.0. The fraction of sp³-hybridized carbons (Fsp3) is 0.333. The Balaban J connectivity index is 1.17. The number of nitrogens with two attached hydrogens (primary N) is 2. The fourth-order valence-corrected chi connectivity index (χ4v) is 7.21. The van der Waals surface area contributed by atoms with Gasteiger partial charge >= 0.3 is 5.69 Å². The lowest BCUT2D eigenvalue weighted by atomic mass is 10.1. The number of imidazole rings is 1. The molecule has 0 radical (unpaired) electrons. The third-order valence-corrected chi connectivity index (χ3v) is 9.84. The minimum absolute atomic E-state index is 0.106. The van der Waals surface area contributed by atoms with Crippen LogP contribution in [0.15, 0.2) is 94.2 Å². The van der Waals surface area contributed by atoms with E-state index in [-0.39, 0.29) is 17.7 Å². The van der Waals surface area contributed by atoms with Crippen LogP contribution in [0.1, 0.15) is 24.8 Å². The zero-order valence-corrected chi connectivity index (χ0v) is 27.0.